The number of carbonyl (C=O) groups is 1. The van der Waals surface area contributed by atoms with Crippen LogP contribution in [0.3, 0.4) is 0 Å². The molecule has 1 aromatic rings. The molecule has 0 bridgehead atoms. The van der Waals surface area contributed by atoms with Crippen LogP contribution in [0.25, 0.3) is 0 Å². The van der Waals surface area contributed by atoms with Crippen LogP contribution in [-0.2, 0) is 4.79 Å². The third-order valence-corrected chi connectivity index (χ3v) is 5.00. The summed E-state index contributed by atoms with van der Waals surface area (Å²) in [5, 5.41) is 0.491. The number of Topliss-reactive ketones (excluding diaryl/α,β-unsaturated/α-hetero) is 1. The van der Waals surface area contributed by atoms with Crippen molar-refractivity contribution in [3.63, 3.8) is 0 Å². The third kappa shape index (κ3) is 3.35. The van der Waals surface area contributed by atoms with Gasteiger partial charge < -0.3 is 0 Å². The lowest BCUT2D eigenvalue weighted by Crippen LogP contribution is -2.07. The van der Waals surface area contributed by atoms with Crippen LogP contribution in [0.4, 0.5) is 0 Å². The van der Waals surface area contributed by atoms with Gasteiger partial charge in [0.15, 0.2) is 0 Å². The number of aryl methyl sites for hydroxylation is 2. The first kappa shape index (κ1) is 12.7. The van der Waals surface area contributed by atoms with Crippen LogP contribution in [-0.4, -0.2) is 11.0 Å². The predicted octanol–water partition coefficient (Wildman–Crippen LogP) is 4.30. The molecular formula is C15H20OS. The van der Waals surface area contributed by atoms with Gasteiger partial charge in [0.05, 0.1) is 0 Å². The number of carbonyl (C=O) groups excluding carboxylic acids is 1. The zero-order valence-electron chi connectivity index (χ0n) is 10.7. The molecule has 1 aliphatic carbocycles. The van der Waals surface area contributed by atoms with Gasteiger partial charge in [0.25, 0.3) is 0 Å². The van der Waals surface area contributed by atoms with Gasteiger partial charge in [0.1, 0.15) is 5.78 Å². The molecule has 2 heteroatoms. The van der Waals surface area contributed by atoms with Crippen LogP contribution in [0.1, 0.15) is 43.2 Å². The molecule has 0 saturated heterocycles. The number of rotatable bonds is 2. The van der Waals surface area contributed by atoms with Crippen LogP contribution in [0.5, 0.6) is 0 Å². The third-order valence-electron chi connectivity index (χ3n) is 3.38. The molecule has 0 aromatic heterocycles. The molecule has 0 radical (unpaired) electrons. The van der Waals surface area contributed by atoms with Crippen molar-refractivity contribution in [3.8, 4) is 0 Å². The molecule has 1 aromatic carbocycles. The Balaban J connectivity index is 2.11. The zero-order valence-corrected chi connectivity index (χ0v) is 11.5. The van der Waals surface area contributed by atoms with Gasteiger partial charge in [0.2, 0.25) is 0 Å². The molecule has 1 nitrogen and oxygen atoms in total. The summed E-state index contributed by atoms with van der Waals surface area (Å²) >= 11 is 1.91. The summed E-state index contributed by atoms with van der Waals surface area (Å²) in [5.74, 6) is 0.450. The number of hydrogen-bond donors (Lipinski definition) is 0. The van der Waals surface area contributed by atoms with Gasteiger partial charge in [-0.2, -0.15) is 0 Å². The molecule has 1 atom stereocenters. The normalized spacial score (nSPS) is 21.3. The van der Waals surface area contributed by atoms with Gasteiger partial charge >= 0.3 is 0 Å². The molecule has 0 spiro atoms. The van der Waals surface area contributed by atoms with Crippen molar-refractivity contribution in [2.24, 2.45) is 0 Å². The first-order chi connectivity index (χ1) is 8.16. The van der Waals surface area contributed by atoms with Gasteiger partial charge in [-0.1, -0.05) is 24.6 Å². The second kappa shape index (κ2) is 5.72. The van der Waals surface area contributed by atoms with Crippen LogP contribution in [0.2, 0.25) is 0 Å². The summed E-state index contributed by atoms with van der Waals surface area (Å²) in [7, 11) is 0. The topological polar surface area (TPSA) is 17.1 Å². The second-order valence-corrected chi connectivity index (χ2v) is 6.26. The van der Waals surface area contributed by atoms with Crippen molar-refractivity contribution in [2.45, 2.75) is 56.1 Å². The SMILES string of the molecule is Cc1cccc(C)c1S[C@H]1CCCCC(=O)C1. The first-order valence-corrected chi connectivity index (χ1v) is 7.29. The number of benzene rings is 1. The number of hydrogen-bond acceptors (Lipinski definition) is 2. The van der Waals surface area contributed by atoms with E-state index in [-0.39, 0.29) is 0 Å². The molecule has 2 rings (SSSR count). The maximum Gasteiger partial charge on any atom is 0.134 e. The fraction of sp³-hybridized carbons (Fsp3) is 0.533. The van der Waals surface area contributed by atoms with Gasteiger partial charge in [0, 0.05) is 23.0 Å². The van der Waals surface area contributed by atoms with Crippen molar-refractivity contribution < 1.29 is 4.79 Å². The lowest BCUT2D eigenvalue weighted by molar-refractivity contribution is -0.118. The van der Waals surface area contributed by atoms with Gasteiger partial charge in [-0.3, -0.25) is 4.79 Å². The van der Waals surface area contributed by atoms with E-state index in [2.05, 4.69) is 32.0 Å². The van der Waals surface area contributed by atoms with Crippen LogP contribution in [0.15, 0.2) is 23.1 Å². The van der Waals surface area contributed by atoms with E-state index in [1.807, 2.05) is 11.8 Å². The van der Waals surface area contributed by atoms with Crippen molar-refractivity contribution in [1.82, 2.24) is 0 Å². The van der Waals surface area contributed by atoms with E-state index in [0.29, 0.717) is 11.0 Å². The fourth-order valence-electron chi connectivity index (χ4n) is 2.40. The van der Waals surface area contributed by atoms with Crippen LogP contribution in [0, 0.1) is 13.8 Å². The number of thioether (sulfide) groups is 1. The van der Waals surface area contributed by atoms with Crippen molar-refractivity contribution >= 4 is 17.5 Å². The molecule has 0 amide bonds. The van der Waals surface area contributed by atoms with Gasteiger partial charge in [-0.05, 0) is 37.8 Å². The zero-order chi connectivity index (χ0) is 12.3. The maximum absolute atomic E-state index is 11.6. The van der Waals surface area contributed by atoms with E-state index in [1.54, 1.807) is 0 Å². The Labute approximate surface area is 108 Å². The minimum atomic E-state index is 0.450. The highest BCUT2D eigenvalue weighted by Gasteiger charge is 2.19. The monoisotopic (exact) mass is 248 g/mol. The van der Waals surface area contributed by atoms with Gasteiger partial charge in [-0.25, -0.2) is 0 Å². The van der Waals surface area contributed by atoms with E-state index in [0.717, 1.165) is 19.3 Å². The van der Waals surface area contributed by atoms with Crippen molar-refractivity contribution in [2.75, 3.05) is 0 Å². The molecular weight excluding hydrogens is 228 g/mol. The summed E-state index contributed by atoms with van der Waals surface area (Å²) in [6, 6.07) is 6.43. The Morgan fingerprint density at radius 1 is 1.18 bits per heavy atom. The lowest BCUT2D eigenvalue weighted by atomic mass is 10.2. The highest BCUT2D eigenvalue weighted by molar-refractivity contribution is 8.00. The minimum Gasteiger partial charge on any atom is -0.300 e. The highest BCUT2D eigenvalue weighted by atomic mass is 32.2. The smallest absolute Gasteiger partial charge is 0.134 e. The van der Waals surface area contributed by atoms with Crippen LogP contribution >= 0.6 is 11.8 Å². The Hall–Kier alpha value is -0.760. The Kier molecular flexibility index (Phi) is 4.27. The largest absolute Gasteiger partial charge is 0.300 e. The quantitative estimate of drug-likeness (QED) is 0.726. The average molecular weight is 248 g/mol. The molecule has 0 unspecified atom stereocenters. The average Bonchev–Trinajstić information content (AvgIpc) is 2.48. The standard InChI is InChI=1S/C15H20OS/c1-11-6-5-7-12(2)15(11)17-14-9-4-3-8-13(16)10-14/h5-7,14H,3-4,8-10H2,1-2H3/t14-/m0/s1. The van der Waals surface area contributed by atoms with E-state index < -0.39 is 0 Å². The summed E-state index contributed by atoms with van der Waals surface area (Å²) in [6.07, 6.45) is 5.03. The Bertz CT molecular complexity index is 391. The summed E-state index contributed by atoms with van der Waals surface area (Å²) in [6.45, 7) is 4.32. The van der Waals surface area contributed by atoms with Crippen LogP contribution < -0.4 is 0 Å². The molecule has 1 saturated carbocycles. The molecule has 0 N–H and O–H groups in total. The van der Waals surface area contributed by atoms with Gasteiger partial charge in [-0.15, -0.1) is 11.8 Å². The molecule has 0 aliphatic heterocycles. The Morgan fingerprint density at radius 2 is 1.88 bits per heavy atom. The molecule has 92 valence electrons. The van der Waals surface area contributed by atoms with Crippen molar-refractivity contribution in [1.29, 1.82) is 0 Å². The predicted molar refractivity (Wildman–Crippen MR) is 73.7 cm³/mol. The summed E-state index contributed by atoms with van der Waals surface area (Å²) in [4.78, 5) is 13.0. The van der Waals surface area contributed by atoms with E-state index in [4.69, 9.17) is 0 Å². The van der Waals surface area contributed by atoms with E-state index >= 15 is 0 Å². The fourth-order valence-corrected chi connectivity index (χ4v) is 3.80. The minimum absolute atomic E-state index is 0.450. The molecule has 0 heterocycles. The van der Waals surface area contributed by atoms with E-state index in [9.17, 15) is 4.79 Å². The second-order valence-electron chi connectivity index (χ2n) is 4.95. The summed E-state index contributed by atoms with van der Waals surface area (Å²) in [5.41, 5.74) is 2.68. The first-order valence-electron chi connectivity index (χ1n) is 6.41. The van der Waals surface area contributed by atoms with E-state index in [1.165, 1.54) is 28.9 Å². The maximum atomic E-state index is 11.6. The lowest BCUT2D eigenvalue weighted by Gasteiger charge is -2.16. The van der Waals surface area contributed by atoms with Crippen molar-refractivity contribution in [3.05, 3.63) is 29.3 Å². The summed E-state index contributed by atoms with van der Waals surface area (Å²) < 4.78 is 0. The molecule has 1 aliphatic rings. The highest BCUT2D eigenvalue weighted by Crippen LogP contribution is 2.35. The number of ketones is 1. The Morgan fingerprint density at radius 3 is 2.59 bits per heavy atom. The molecule has 1 fully saturated rings. The molecule has 17 heavy (non-hydrogen) atoms.